The van der Waals surface area contributed by atoms with Gasteiger partial charge in [0, 0.05) is 17.5 Å². The lowest BCUT2D eigenvalue weighted by Crippen LogP contribution is -2.32. The summed E-state index contributed by atoms with van der Waals surface area (Å²) in [5.74, 6) is 2.28. The van der Waals surface area contributed by atoms with Crippen LogP contribution in [0.3, 0.4) is 0 Å². The van der Waals surface area contributed by atoms with Gasteiger partial charge in [0.15, 0.2) is 5.82 Å². The van der Waals surface area contributed by atoms with Gasteiger partial charge in [-0.05, 0) is 72.2 Å². The number of aromatic amines is 1. The lowest BCUT2D eigenvalue weighted by Gasteiger charge is -2.29. The van der Waals surface area contributed by atoms with Gasteiger partial charge in [-0.3, -0.25) is 9.69 Å². The molecule has 0 aliphatic rings. The SMILES string of the molecule is CCC(c1nnnn1Cc1ccco1)N(Cc1ccco1)Cc1cc2c(C)ccc(C)c2[nH]c1=O. The molecule has 9 nitrogen and oxygen atoms in total. The van der Waals surface area contributed by atoms with E-state index in [1.54, 1.807) is 17.2 Å². The molecule has 9 heteroatoms. The van der Waals surface area contributed by atoms with Crippen LogP contribution < -0.4 is 5.56 Å². The first-order valence-electron chi connectivity index (χ1n) is 11.7. The molecule has 0 spiro atoms. The summed E-state index contributed by atoms with van der Waals surface area (Å²) in [7, 11) is 0. The van der Waals surface area contributed by atoms with Gasteiger partial charge in [0.2, 0.25) is 0 Å². The van der Waals surface area contributed by atoms with Crippen molar-refractivity contribution in [2.45, 2.75) is 52.9 Å². The van der Waals surface area contributed by atoms with Gasteiger partial charge in [-0.1, -0.05) is 19.1 Å². The molecule has 5 aromatic rings. The maximum atomic E-state index is 13.1. The Morgan fingerprint density at radius 1 is 1.03 bits per heavy atom. The van der Waals surface area contributed by atoms with E-state index in [1.165, 1.54) is 0 Å². The van der Waals surface area contributed by atoms with Crippen LogP contribution >= 0.6 is 0 Å². The summed E-state index contributed by atoms with van der Waals surface area (Å²) in [5, 5.41) is 13.6. The average Bonchev–Trinajstić information content (AvgIpc) is 3.63. The number of aromatic nitrogens is 5. The van der Waals surface area contributed by atoms with Crippen molar-refractivity contribution in [2.24, 2.45) is 0 Å². The maximum Gasteiger partial charge on any atom is 0.252 e. The molecule has 35 heavy (non-hydrogen) atoms. The minimum atomic E-state index is -0.154. The van der Waals surface area contributed by atoms with Crippen molar-refractivity contribution in [3.05, 3.63) is 99.4 Å². The van der Waals surface area contributed by atoms with Crippen LogP contribution in [0.2, 0.25) is 0 Å². The van der Waals surface area contributed by atoms with Crippen LogP contribution in [0.4, 0.5) is 0 Å². The van der Waals surface area contributed by atoms with Crippen molar-refractivity contribution in [1.82, 2.24) is 30.1 Å². The number of H-pyrrole nitrogens is 1. The van der Waals surface area contributed by atoms with Crippen molar-refractivity contribution >= 4 is 10.9 Å². The number of benzene rings is 1. The van der Waals surface area contributed by atoms with E-state index in [0.717, 1.165) is 40.0 Å². The molecule has 0 radical (unpaired) electrons. The van der Waals surface area contributed by atoms with Crippen molar-refractivity contribution in [3.63, 3.8) is 0 Å². The first-order chi connectivity index (χ1) is 17.0. The van der Waals surface area contributed by atoms with E-state index in [-0.39, 0.29) is 11.6 Å². The summed E-state index contributed by atoms with van der Waals surface area (Å²) in [6.45, 7) is 7.49. The zero-order chi connectivity index (χ0) is 24.4. The highest BCUT2D eigenvalue weighted by Gasteiger charge is 2.27. The van der Waals surface area contributed by atoms with Gasteiger partial charge in [-0.25, -0.2) is 4.68 Å². The Morgan fingerprint density at radius 2 is 1.77 bits per heavy atom. The number of fused-ring (bicyclic) bond motifs is 1. The van der Waals surface area contributed by atoms with Crippen LogP contribution in [0.25, 0.3) is 10.9 Å². The lowest BCUT2D eigenvalue weighted by molar-refractivity contribution is 0.149. The predicted octanol–water partition coefficient (Wildman–Crippen LogP) is 4.52. The van der Waals surface area contributed by atoms with Crippen LogP contribution in [0.15, 0.2) is 68.6 Å². The van der Waals surface area contributed by atoms with E-state index >= 15 is 0 Å². The molecule has 0 saturated carbocycles. The fourth-order valence-electron chi connectivity index (χ4n) is 4.55. The highest BCUT2D eigenvalue weighted by molar-refractivity contribution is 5.85. The van der Waals surface area contributed by atoms with Gasteiger partial charge < -0.3 is 13.8 Å². The minimum Gasteiger partial charge on any atom is -0.468 e. The number of tetrazole rings is 1. The second-order valence-electron chi connectivity index (χ2n) is 8.79. The Morgan fingerprint density at radius 3 is 2.49 bits per heavy atom. The van der Waals surface area contributed by atoms with Gasteiger partial charge >= 0.3 is 0 Å². The standard InChI is InChI=1S/C26H28N6O3/c1-4-23(25-28-29-30-32(25)16-21-8-6-12-35-21)31(15-20-7-5-11-34-20)14-19-13-22-17(2)9-10-18(3)24(22)27-26(19)33/h5-13,23H,4,14-16H2,1-3H3,(H,27,33). The van der Waals surface area contributed by atoms with Gasteiger partial charge in [-0.2, -0.15) is 0 Å². The third-order valence-electron chi connectivity index (χ3n) is 6.40. The normalized spacial score (nSPS) is 12.6. The quantitative estimate of drug-likeness (QED) is 0.336. The molecule has 1 unspecified atom stereocenters. The van der Waals surface area contributed by atoms with Crippen LogP contribution in [0.5, 0.6) is 0 Å². The molecule has 5 rings (SSSR count). The van der Waals surface area contributed by atoms with E-state index in [9.17, 15) is 4.79 Å². The summed E-state index contributed by atoms with van der Waals surface area (Å²) < 4.78 is 12.9. The number of hydrogen-bond acceptors (Lipinski definition) is 7. The smallest absolute Gasteiger partial charge is 0.252 e. The van der Waals surface area contributed by atoms with Crippen molar-refractivity contribution in [2.75, 3.05) is 0 Å². The zero-order valence-electron chi connectivity index (χ0n) is 20.1. The Labute approximate surface area is 202 Å². The number of furan rings is 2. The fourth-order valence-corrected chi connectivity index (χ4v) is 4.55. The summed E-state index contributed by atoms with van der Waals surface area (Å²) in [6.07, 6.45) is 4.03. The second kappa shape index (κ2) is 9.71. The van der Waals surface area contributed by atoms with Crippen molar-refractivity contribution in [3.8, 4) is 0 Å². The average molecular weight is 473 g/mol. The molecule has 1 atom stereocenters. The number of nitrogens with zero attached hydrogens (tertiary/aromatic N) is 5. The molecule has 0 aliphatic heterocycles. The molecule has 1 N–H and O–H groups in total. The number of aryl methyl sites for hydroxylation is 2. The Balaban J connectivity index is 1.53. The van der Waals surface area contributed by atoms with Gasteiger partial charge in [0.1, 0.15) is 18.1 Å². The molecule has 4 aromatic heterocycles. The Kier molecular flexibility index (Phi) is 6.33. The molecule has 0 fully saturated rings. The molecule has 1 aromatic carbocycles. The van der Waals surface area contributed by atoms with Gasteiger partial charge in [0.05, 0.1) is 30.6 Å². The first kappa shape index (κ1) is 22.8. The summed E-state index contributed by atoms with van der Waals surface area (Å²) in [4.78, 5) is 18.4. The third-order valence-corrected chi connectivity index (χ3v) is 6.40. The molecular formula is C26H28N6O3. The number of pyridine rings is 1. The highest BCUT2D eigenvalue weighted by atomic mass is 16.3. The minimum absolute atomic E-state index is 0.0966. The van der Waals surface area contributed by atoms with E-state index in [2.05, 4.69) is 45.3 Å². The molecular weight excluding hydrogens is 444 g/mol. The maximum absolute atomic E-state index is 13.1. The van der Waals surface area contributed by atoms with Crippen molar-refractivity contribution in [1.29, 1.82) is 0 Å². The number of rotatable bonds is 9. The first-order valence-corrected chi connectivity index (χ1v) is 11.7. The predicted molar refractivity (Wildman–Crippen MR) is 131 cm³/mol. The zero-order valence-corrected chi connectivity index (χ0v) is 20.1. The summed E-state index contributed by atoms with van der Waals surface area (Å²) in [5.41, 5.74) is 3.63. The molecule has 0 aliphatic carbocycles. The van der Waals surface area contributed by atoms with Crippen LogP contribution in [-0.4, -0.2) is 30.1 Å². The van der Waals surface area contributed by atoms with Crippen LogP contribution in [0.1, 0.15) is 53.4 Å². The van der Waals surface area contributed by atoms with E-state index in [4.69, 9.17) is 8.83 Å². The fraction of sp³-hybridized carbons (Fsp3) is 0.308. The summed E-state index contributed by atoms with van der Waals surface area (Å²) >= 11 is 0. The Bertz CT molecular complexity index is 1470. The highest BCUT2D eigenvalue weighted by Crippen LogP contribution is 2.28. The molecule has 0 saturated heterocycles. The van der Waals surface area contributed by atoms with E-state index < -0.39 is 0 Å². The van der Waals surface area contributed by atoms with E-state index in [1.807, 2.05) is 43.3 Å². The lowest BCUT2D eigenvalue weighted by atomic mass is 10.0. The third kappa shape index (κ3) is 4.67. The monoisotopic (exact) mass is 472 g/mol. The van der Waals surface area contributed by atoms with Crippen LogP contribution in [-0.2, 0) is 19.6 Å². The number of nitrogens with one attached hydrogen (secondary N) is 1. The topological polar surface area (TPSA) is 106 Å². The second-order valence-corrected chi connectivity index (χ2v) is 8.79. The Hall–Kier alpha value is -3.98. The molecule has 4 heterocycles. The van der Waals surface area contributed by atoms with E-state index in [0.29, 0.717) is 31.0 Å². The molecule has 0 amide bonds. The summed E-state index contributed by atoms with van der Waals surface area (Å²) in [6, 6.07) is 13.5. The van der Waals surface area contributed by atoms with Gasteiger partial charge in [-0.15, -0.1) is 5.10 Å². The van der Waals surface area contributed by atoms with Crippen molar-refractivity contribution < 1.29 is 8.83 Å². The molecule has 0 bridgehead atoms. The molecule has 180 valence electrons. The van der Waals surface area contributed by atoms with Crippen LogP contribution in [0, 0.1) is 13.8 Å². The number of hydrogen-bond donors (Lipinski definition) is 1. The largest absolute Gasteiger partial charge is 0.468 e. The van der Waals surface area contributed by atoms with Gasteiger partial charge in [0.25, 0.3) is 5.56 Å².